The van der Waals surface area contributed by atoms with Crippen molar-refractivity contribution >= 4 is 32.6 Å². The highest BCUT2D eigenvalue weighted by atomic mass is 32.2. The number of hydrogen-bond acceptors (Lipinski definition) is 5. The molecule has 1 aliphatic heterocycles. The average molecular weight is 446 g/mol. The van der Waals surface area contributed by atoms with Crippen molar-refractivity contribution in [1.29, 1.82) is 0 Å². The molecule has 0 spiro atoms. The molecule has 1 saturated heterocycles. The fraction of sp³-hybridized carbons (Fsp3) is 0.318. The Bertz CT molecular complexity index is 1230. The smallest absolute Gasteiger partial charge is 0.291 e. The van der Waals surface area contributed by atoms with Crippen molar-refractivity contribution in [2.24, 2.45) is 0 Å². The van der Waals surface area contributed by atoms with Crippen LogP contribution in [0.25, 0.3) is 11.0 Å². The second kappa shape index (κ2) is 8.41. The van der Waals surface area contributed by atoms with Crippen LogP contribution in [0.2, 0.25) is 0 Å². The molecule has 1 aliphatic rings. The van der Waals surface area contributed by atoms with Crippen molar-refractivity contribution in [1.82, 2.24) is 9.21 Å². The molecule has 0 radical (unpaired) electrons. The molecule has 0 saturated carbocycles. The zero-order valence-electron chi connectivity index (χ0n) is 17.4. The fourth-order valence-corrected chi connectivity index (χ4v) is 5.25. The number of carbonyl (C=O) groups excluding carboxylic acids is 1. The van der Waals surface area contributed by atoms with E-state index in [1.165, 1.54) is 22.5 Å². The first-order valence-electron chi connectivity index (χ1n) is 10.1. The van der Waals surface area contributed by atoms with Crippen LogP contribution in [0.5, 0.6) is 0 Å². The summed E-state index contributed by atoms with van der Waals surface area (Å²) in [5.74, 6) is -1.13. The highest BCUT2D eigenvalue weighted by Gasteiger charge is 2.28. The van der Waals surface area contributed by atoms with Crippen molar-refractivity contribution in [2.45, 2.75) is 18.7 Å². The van der Waals surface area contributed by atoms with Crippen LogP contribution in [-0.4, -0.2) is 56.3 Å². The number of benzene rings is 2. The molecule has 9 heteroatoms. The van der Waals surface area contributed by atoms with Crippen molar-refractivity contribution in [3.8, 4) is 0 Å². The lowest BCUT2D eigenvalue weighted by atomic mass is 10.1. The maximum Gasteiger partial charge on any atom is 0.291 e. The number of rotatable bonds is 5. The number of carbonyl (C=O) groups is 1. The Balaban J connectivity index is 1.56. The number of fused-ring (bicyclic) bond motifs is 1. The van der Waals surface area contributed by atoms with Gasteiger partial charge in [0.1, 0.15) is 0 Å². The zero-order chi connectivity index (χ0) is 22.2. The number of hydrogen-bond donors (Lipinski definition) is 1. The summed E-state index contributed by atoms with van der Waals surface area (Å²) in [5, 5.41) is 3.19. The third kappa shape index (κ3) is 4.08. The highest BCUT2D eigenvalue weighted by Crippen LogP contribution is 2.28. The van der Waals surface area contributed by atoms with E-state index in [2.05, 4.69) is 17.1 Å². The lowest BCUT2D eigenvalue weighted by molar-refractivity contribution is 0.0997. The number of nitrogens with zero attached hydrogens (tertiary/aromatic N) is 2. The first-order valence-corrected chi connectivity index (χ1v) is 11.6. The second-order valence-corrected chi connectivity index (χ2v) is 9.43. The molecule has 0 bridgehead atoms. The summed E-state index contributed by atoms with van der Waals surface area (Å²) in [6.45, 7) is 6.85. The Morgan fingerprint density at radius 3 is 2.52 bits per heavy atom. The first-order chi connectivity index (χ1) is 14.8. The fourth-order valence-electron chi connectivity index (χ4n) is 3.78. The molecule has 0 aliphatic carbocycles. The number of amides is 1. The molecule has 4 rings (SSSR count). The summed E-state index contributed by atoms with van der Waals surface area (Å²) in [7, 11) is -3.67. The molecule has 164 valence electrons. The average Bonchev–Trinajstić information content (AvgIpc) is 3.12. The molecule has 31 heavy (non-hydrogen) atoms. The Labute approximate surface area is 180 Å². The number of sulfonamides is 1. The van der Waals surface area contributed by atoms with E-state index in [4.69, 9.17) is 4.42 Å². The Hall–Kier alpha value is -2.75. The van der Waals surface area contributed by atoms with Crippen LogP contribution in [0.15, 0.2) is 51.8 Å². The predicted octanol–water partition coefficient (Wildman–Crippen LogP) is 3.46. The van der Waals surface area contributed by atoms with Crippen LogP contribution < -0.4 is 5.32 Å². The van der Waals surface area contributed by atoms with Gasteiger partial charge in [0, 0.05) is 42.8 Å². The van der Waals surface area contributed by atoms with Gasteiger partial charge in [0.15, 0.2) is 17.2 Å². The number of furan rings is 1. The van der Waals surface area contributed by atoms with E-state index in [0.29, 0.717) is 42.8 Å². The summed E-state index contributed by atoms with van der Waals surface area (Å²) >= 11 is 0. The number of anilines is 1. The summed E-state index contributed by atoms with van der Waals surface area (Å²) in [5.41, 5.74) is 0.857. The number of piperazine rings is 1. The van der Waals surface area contributed by atoms with Crippen molar-refractivity contribution in [3.05, 3.63) is 59.6 Å². The van der Waals surface area contributed by atoms with Crippen LogP contribution in [0.4, 0.5) is 10.1 Å². The van der Waals surface area contributed by atoms with Crippen LogP contribution >= 0.6 is 0 Å². The molecule has 0 atom stereocenters. The van der Waals surface area contributed by atoms with Gasteiger partial charge in [-0.05, 0) is 37.7 Å². The number of likely N-dealkylation sites (N-methyl/N-ethyl adjacent to an activating group) is 1. The molecule has 3 aromatic rings. The zero-order valence-corrected chi connectivity index (χ0v) is 18.2. The normalized spacial score (nSPS) is 16.0. The number of para-hydroxylation sites is 1. The van der Waals surface area contributed by atoms with Gasteiger partial charge in [-0.2, -0.15) is 4.31 Å². The van der Waals surface area contributed by atoms with Gasteiger partial charge >= 0.3 is 0 Å². The Morgan fingerprint density at radius 1 is 1.13 bits per heavy atom. The molecule has 1 aromatic heterocycles. The van der Waals surface area contributed by atoms with Crippen molar-refractivity contribution < 1.29 is 22.0 Å². The minimum atomic E-state index is -3.67. The number of halogens is 1. The third-order valence-electron chi connectivity index (χ3n) is 5.63. The Morgan fingerprint density at radius 2 is 1.84 bits per heavy atom. The van der Waals surface area contributed by atoms with E-state index < -0.39 is 21.7 Å². The Kier molecular flexibility index (Phi) is 5.83. The maximum absolute atomic E-state index is 14.0. The van der Waals surface area contributed by atoms with Crippen LogP contribution in [-0.2, 0) is 10.0 Å². The molecule has 7 nitrogen and oxygen atoms in total. The lowest BCUT2D eigenvalue weighted by Gasteiger charge is -2.33. The van der Waals surface area contributed by atoms with E-state index in [1.54, 1.807) is 31.2 Å². The lowest BCUT2D eigenvalue weighted by Crippen LogP contribution is -2.48. The molecule has 2 heterocycles. The van der Waals surface area contributed by atoms with Gasteiger partial charge < -0.3 is 14.6 Å². The van der Waals surface area contributed by atoms with Gasteiger partial charge in [-0.3, -0.25) is 4.79 Å². The SMILES string of the molecule is CCN1CCN(S(=O)(=O)c2cccc(NC(=O)c3oc4c(F)cccc4c3C)c2)CC1. The van der Waals surface area contributed by atoms with Crippen LogP contribution in [0.3, 0.4) is 0 Å². The molecule has 1 N–H and O–H groups in total. The third-order valence-corrected chi connectivity index (χ3v) is 7.52. The number of aryl methyl sites for hydroxylation is 1. The highest BCUT2D eigenvalue weighted by molar-refractivity contribution is 7.89. The standard InChI is InChI=1S/C22H24FN3O4S/c1-3-25-10-12-26(13-11-25)31(28,29)17-7-4-6-16(14-17)24-22(27)20-15(2)18-8-5-9-19(23)21(18)30-20/h4-9,14H,3,10-13H2,1-2H3,(H,24,27). The van der Waals surface area contributed by atoms with E-state index in [-0.39, 0.29) is 16.2 Å². The van der Waals surface area contributed by atoms with E-state index in [0.717, 1.165) is 6.54 Å². The second-order valence-electron chi connectivity index (χ2n) is 7.49. The van der Waals surface area contributed by atoms with Gasteiger partial charge in [0.25, 0.3) is 5.91 Å². The van der Waals surface area contributed by atoms with E-state index in [1.807, 2.05) is 0 Å². The van der Waals surface area contributed by atoms with Gasteiger partial charge in [-0.1, -0.05) is 25.1 Å². The topological polar surface area (TPSA) is 82.9 Å². The largest absolute Gasteiger partial charge is 0.448 e. The molecular weight excluding hydrogens is 421 g/mol. The van der Waals surface area contributed by atoms with E-state index >= 15 is 0 Å². The van der Waals surface area contributed by atoms with Crippen molar-refractivity contribution in [3.63, 3.8) is 0 Å². The van der Waals surface area contributed by atoms with Crippen molar-refractivity contribution in [2.75, 3.05) is 38.0 Å². The van der Waals surface area contributed by atoms with Gasteiger partial charge in [0.05, 0.1) is 4.90 Å². The summed E-state index contributed by atoms with van der Waals surface area (Å²) < 4.78 is 47.0. The van der Waals surface area contributed by atoms with Gasteiger partial charge in [-0.25, -0.2) is 12.8 Å². The monoisotopic (exact) mass is 445 g/mol. The summed E-state index contributed by atoms with van der Waals surface area (Å²) in [6, 6.07) is 10.6. The van der Waals surface area contributed by atoms with Crippen LogP contribution in [0, 0.1) is 12.7 Å². The van der Waals surface area contributed by atoms with Gasteiger partial charge in [-0.15, -0.1) is 0 Å². The van der Waals surface area contributed by atoms with E-state index in [9.17, 15) is 17.6 Å². The first kappa shape index (κ1) is 21.5. The van der Waals surface area contributed by atoms with Crippen LogP contribution in [0.1, 0.15) is 23.0 Å². The maximum atomic E-state index is 14.0. The number of nitrogens with one attached hydrogen (secondary N) is 1. The summed E-state index contributed by atoms with van der Waals surface area (Å²) in [4.78, 5) is 15.1. The molecular formula is C22H24FN3O4S. The van der Waals surface area contributed by atoms with Gasteiger partial charge in [0.2, 0.25) is 10.0 Å². The minimum Gasteiger partial charge on any atom is -0.448 e. The molecule has 1 fully saturated rings. The molecule has 1 amide bonds. The predicted molar refractivity (Wildman–Crippen MR) is 116 cm³/mol. The molecule has 0 unspecified atom stereocenters. The molecule has 2 aromatic carbocycles. The minimum absolute atomic E-state index is 0.0101. The summed E-state index contributed by atoms with van der Waals surface area (Å²) in [6.07, 6.45) is 0. The quantitative estimate of drug-likeness (QED) is 0.650.